The van der Waals surface area contributed by atoms with E-state index in [1.54, 1.807) is 25.1 Å². The van der Waals surface area contributed by atoms with E-state index < -0.39 is 10.0 Å². The van der Waals surface area contributed by atoms with Gasteiger partial charge < -0.3 is 0 Å². The van der Waals surface area contributed by atoms with Crippen LogP contribution in [0.2, 0.25) is 0 Å². The number of anilines is 1. The Labute approximate surface area is 120 Å². The first-order valence-corrected chi connectivity index (χ1v) is 7.89. The topological polar surface area (TPSA) is 74.8 Å². The Morgan fingerprint density at radius 3 is 2.53 bits per heavy atom. The minimum absolute atomic E-state index is 0.238. The Kier molecular flexibility index (Phi) is 3.69. The monoisotopic (exact) mass is 343 g/mol. The van der Waals surface area contributed by atoms with Gasteiger partial charge in [-0.25, -0.2) is 8.42 Å². The molecule has 0 aliphatic carbocycles. The molecule has 0 atom stereocenters. The number of aromatic nitrogens is 2. The number of hydrogen-bond donors (Lipinski definition) is 2. The van der Waals surface area contributed by atoms with E-state index in [0.29, 0.717) is 15.9 Å². The summed E-state index contributed by atoms with van der Waals surface area (Å²) in [4.78, 5) is 0.238. The normalized spacial score (nSPS) is 11.6. The van der Waals surface area contributed by atoms with E-state index in [1.807, 2.05) is 13.8 Å². The van der Waals surface area contributed by atoms with Crippen LogP contribution >= 0.6 is 15.9 Å². The average Bonchev–Trinajstić information content (AvgIpc) is 2.63. The summed E-state index contributed by atoms with van der Waals surface area (Å²) >= 11 is 3.28. The highest BCUT2D eigenvalue weighted by Crippen LogP contribution is 2.24. The summed E-state index contributed by atoms with van der Waals surface area (Å²) < 4.78 is 27.9. The molecule has 1 heterocycles. The van der Waals surface area contributed by atoms with E-state index in [1.165, 1.54) is 0 Å². The van der Waals surface area contributed by atoms with Gasteiger partial charge >= 0.3 is 0 Å². The van der Waals surface area contributed by atoms with Crippen molar-refractivity contribution in [3.63, 3.8) is 0 Å². The quantitative estimate of drug-likeness (QED) is 0.899. The second kappa shape index (κ2) is 4.97. The smallest absolute Gasteiger partial charge is 0.263 e. The highest BCUT2D eigenvalue weighted by atomic mass is 79.9. The number of halogens is 1. The Bertz CT molecular complexity index is 723. The predicted molar refractivity (Wildman–Crippen MR) is 77.7 cm³/mol. The van der Waals surface area contributed by atoms with E-state index in [-0.39, 0.29) is 4.90 Å². The van der Waals surface area contributed by atoms with Crippen molar-refractivity contribution in [2.75, 3.05) is 4.72 Å². The molecule has 0 radical (unpaired) electrons. The molecule has 0 fully saturated rings. The molecule has 2 N–H and O–H groups in total. The lowest BCUT2D eigenvalue weighted by Crippen LogP contribution is -2.15. The lowest BCUT2D eigenvalue weighted by molar-refractivity contribution is 0.600. The van der Waals surface area contributed by atoms with Crippen molar-refractivity contribution in [3.05, 3.63) is 39.5 Å². The van der Waals surface area contributed by atoms with Crippen LogP contribution in [0.4, 0.5) is 5.82 Å². The van der Waals surface area contributed by atoms with Gasteiger partial charge in [0.1, 0.15) is 0 Å². The fourth-order valence-corrected chi connectivity index (χ4v) is 3.48. The minimum Gasteiger partial charge on any atom is -0.280 e. The molecule has 0 amide bonds. The third-order valence-electron chi connectivity index (χ3n) is 2.92. The summed E-state index contributed by atoms with van der Waals surface area (Å²) in [5.74, 6) is 0.330. The van der Waals surface area contributed by atoms with Gasteiger partial charge in [0.05, 0.1) is 4.90 Å². The number of nitrogens with one attached hydrogen (secondary N) is 2. The first-order valence-electron chi connectivity index (χ1n) is 5.62. The number of benzene rings is 1. The van der Waals surface area contributed by atoms with Crippen LogP contribution in [-0.2, 0) is 10.0 Å². The Balaban J connectivity index is 2.43. The Morgan fingerprint density at radius 1 is 1.26 bits per heavy atom. The molecule has 0 aliphatic heterocycles. The maximum Gasteiger partial charge on any atom is 0.263 e. The summed E-state index contributed by atoms with van der Waals surface area (Å²) in [6.07, 6.45) is 0. The van der Waals surface area contributed by atoms with Crippen LogP contribution in [-0.4, -0.2) is 18.6 Å². The van der Waals surface area contributed by atoms with Crippen LogP contribution in [0.25, 0.3) is 0 Å². The second-order valence-electron chi connectivity index (χ2n) is 4.34. The summed E-state index contributed by atoms with van der Waals surface area (Å²) in [5, 5.41) is 6.70. The fraction of sp³-hybridized carbons (Fsp3) is 0.250. The van der Waals surface area contributed by atoms with E-state index >= 15 is 0 Å². The van der Waals surface area contributed by atoms with Crippen molar-refractivity contribution < 1.29 is 8.42 Å². The molecule has 7 heteroatoms. The van der Waals surface area contributed by atoms with Crippen LogP contribution in [0, 0.1) is 20.8 Å². The fourth-order valence-electron chi connectivity index (χ4n) is 1.63. The molecule has 1 aromatic carbocycles. The number of sulfonamides is 1. The van der Waals surface area contributed by atoms with Gasteiger partial charge in [-0.2, -0.15) is 5.10 Å². The lowest BCUT2D eigenvalue weighted by Gasteiger charge is -2.09. The van der Waals surface area contributed by atoms with Crippen LogP contribution < -0.4 is 4.72 Å². The van der Waals surface area contributed by atoms with Crippen molar-refractivity contribution in [1.29, 1.82) is 0 Å². The van der Waals surface area contributed by atoms with Crippen molar-refractivity contribution in [1.82, 2.24) is 10.2 Å². The molecule has 1 aromatic heterocycles. The zero-order chi connectivity index (χ0) is 14.2. The van der Waals surface area contributed by atoms with Crippen molar-refractivity contribution in [2.45, 2.75) is 25.7 Å². The molecule has 5 nitrogen and oxygen atoms in total. The average molecular weight is 344 g/mol. The zero-order valence-electron chi connectivity index (χ0n) is 10.8. The highest BCUT2D eigenvalue weighted by Gasteiger charge is 2.20. The molecule has 102 valence electrons. The third kappa shape index (κ3) is 2.82. The zero-order valence-corrected chi connectivity index (χ0v) is 13.2. The summed E-state index contributed by atoms with van der Waals surface area (Å²) in [7, 11) is -3.64. The highest BCUT2D eigenvalue weighted by molar-refractivity contribution is 9.10. The van der Waals surface area contributed by atoms with Gasteiger partial charge in [-0.3, -0.25) is 9.82 Å². The molecular formula is C12H14BrN3O2S. The van der Waals surface area contributed by atoms with E-state index in [4.69, 9.17) is 0 Å². The molecule has 2 rings (SSSR count). The van der Waals surface area contributed by atoms with Gasteiger partial charge in [-0.15, -0.1) is 0 Å². The summed E-state index contributed by atoms with van der Waals surface area (Å²) in [6.45, 7) is 5.40. The van der Waals surface area contributed by atoms with Crippen LogP contribution in [0.1, 0.15) is 16.8 Å². The standard InChI is InChI=1S/C12H14BrN3O2S/c1-7-4-5-10(13)6-11(7)19(17,18)16-12-8(2)9(3)14-15-12/h4-6H,1-3H3,(H2,14,15,16). The number of hydrogen-bond acceptors (Lipinski definition) is 3. The first-order chi connectivity index (χ1) is 8.81. The molecular weight excluding hydrogens is 330 g/mol. The molecule has 0 saturated heterocycles. The lowest BCUT2D eigenvalue weighted by atomic mass is 10.2. The van der Waals surface area contributed by atoms with Crippen molar-refractivity contribution in [2.24, 2.45) is 0 Å². The molecule has 0 saturated carbocycles. The van der Waals surface area contributed by atoms with Gasteiger partial charge in [0.15, 0.2) is 5.82 Å². The number of aromatic amines is 1. The maximum absolute atomic E-state index is 12.4. The minimum atomic E-state index is -3.64. The number of rotatable bonds is 3. The van der Waals surface area contributed by atoms with Gasteiger partial charge in [-0.05, 0) is 38.5 Å². The van der Waals surface area contributed by atoms with E-state index in [0.717, 1.165) is 11.3 Å². The summed E-state index contributed by atoms with van der Waals surface area (Å²) in [5.41, 5.74) is 2.31. The first kappa shape index (κ1) is 14.1. The molecule has 0 spiro atoms. The van der Waals surface area contributed by atoms with E-state index in [2.05, 4.69) is 30.8 Å². The van der Waals surface area contributed by atoms with Crippen molar-refractivity contribution >= 4 is 31.8 Å². The maximum atomic E-state index is 12.4. The third-order valence-corrected chi connectivity index (χ3v) is 4.90. The number of nitrogens with zero attached hydrogens (tertiary/aromatic N) is 1. The molecule has 0 unspecified atom stereocenters. The van der Waals surface area contributed by atoms with Gasteiger partial charge in [-0.1, -0.05) is 22.0 Å². The largest absolute Gasteiger partial charge is 0.280 e. The van der Waals surface area contributed by atoms with E-state index in [9.17, 15) is 8.42 Å². The Hall–Kier alpha value is -1.34. The predicted octanol–water partition coefficient (Wildman–Crippen LogP) is 2.90. The number of aryl methyl sites for hydroxylation is 2. The number of H-pyrrole nitrogens is 1. The Morgan fingerprint density at radius 2 is 1.95 bits per heavy atom. The van der Waals surface area contributed by atoms with Crippen molar-refractivity contribution in [3.8, 4) is 0 Å². The molecule has 0 bridgehead atoms. The van der Waals surface area contributed by atoms with Gasteiger partial charge in [0, 0.05) is 15.7 Å². The summed E-state index contributed by atoms with van der Waals surface area (Å²) in [6, 6.07) is 5.13. The SMILES string of the molecule is Cc1ccc(Br)cc1S(=O)(=O)Nc1n[nH]c(C)c1C. The van der Waals surface area contributed by atoms with Crippen LogP contribution in [0.3, 0.4) is 0 Å². The second-order valence-corrected chi connectivity index (χ2v) is 6.90. The van der Waals surface area contributed by atoms with Gasteiger partial charge in [0.2, 0.25) is 0 Å². The van der Waals surface area contributed by atoms with Gasteiger partial charge in [0.25, 0.3) is 10.0 Å². The molecule has 0 aliphatic rings. The van der Waals surface area contributed by atoms with Crippen LogP contribution in [0.5, 0.6) is 0 Å². The molecule has 2 aromatic rings. The van der Waals surface area contributed by atoms with Crippen LogP contribution in [0.15, 0.2) is 27.6 Å². The molecule has 19 heavy (non-hydrogen) atoms.